The molecule has 0 aromatic heterocycles. The van der Waals surface area contributed by atoms with Crippen LogP contribution >= 0.6 is 0 Å². The van der Waals surface area contributed by atoms with Crippen molar-refractivity contribution in [1.29, 1.82) is 0 Å². The van der Waals surface area contributed by atoms with Crippen LogP contribution in [-0.4, -0.2) is 23.9 Å². The van der Waals surface area contributed by atoms with Crippen molar-refractivity contribution in [2.45, 2.75) is 119 Å². The molecule has 0 saturated heterocycles. The van der Waals surface area contributed by atoms with Crippen molar-refractivity contribution in [1.82, 2.24) is 0 Å². The molecular weight excluding hydrogens is 380 g/mol. The topological polar surface area (TPSA) is 40.5 Å². The molecule has 0 aromatic rings. The molecule has 0 spiro atoms. The molecule has 0 radical (unpaired) electrons. The molecule has 2 N–H and O–H groups in total. The summed E-state index contributed by atoms with van der Waals surface area (Å²) in [5.74, 6) is 4.38. The van der Waals surface area contributed by atoms with Crippen LogP contribution < -0.4 is 0 Å². The molecule has 5 unspecified atom stereocenters. The summed E-state index contributed by atoms with van der Waals surface area (Å²) in [7, 11) is 1.00. The van der Waals surface area contributed by atoms with E-state index >= 15 is 0 Å². The molecule has 5 aliphatic rings. The molecule has 5 aliphatic carbocycles. The van der Waals surface area contributed by atoms with Gasteiger partial charge in [0.2, 0.25) is 0 Å². The lowest BCUT2D eigenvalue weighted by Gasteiger charge is -2.56. The second kappa shape index (κ2) is 13.4. The van der Waals surface area contributed by atoms with E-state index in [0.29, 0.717) is 17.9 Å². The van der Waals surface area contributed by atoms with E-state index in [9.17, 15) is 0 Å². The molecule has 184 valence electrons. The number of rotatable bonds is 2. The third-order valence-corrected chi connectivity index (χ3v) is 9.00. The van der Waals surface area contributed by atoms with Crippen LogP contribution in [0, 0.1) is 40.4 Å². The highest BCUT2D eigenvalue weighted by atomic mass is 16.3. The van der Waals surface area contributed by atoms with Gasteiger partial charge >= 0.3 is 0 Å². The van der Waals surface area contributed by atoms with E-state index in [1.54, 1.807) is 6.42 Å². The van der Waals surface area contributed by atoms with Crippen molar-refractivity contribution in [3.63, 3.8) is 0 Å². The number of fused-ring (bicyclic) bond motifs is 2. The van der Waals surface area contributed by atoms with E-state index in [2.05, 4.69) is 54.5 Å². The van der Waals surface area contributed by atoms with Gasteiger partial charge in [-0.2, -0.15) is 0 Å². The highest BCUT2D eigenvalue weighted by molar-refractivity contribution is 5.03. The first-order chi connectivity index (χ1) is 14.5. The number of aliphatic hydroxyl groups excluding tert-OH is 2. The summed E-state index contributed by atoms with van der Waals surface area (Å²) in [6, 6.07) is 0. The van der Waals surface area contributed by atoms with Gasteiger partial charge in [-0.25, -0.2) is 0 Å². The lowest BCUT2D eigenvalue weighted by atomic mass is 9.49. The Morgan fingerprint density at radius 1 is 1.00 bits per heavy atom. The van der Waals surface area contributed by atoms with Crippen LogP contribution in [0.4, 0.5) is 0 Å². The molecule has 0 amide bonds. The smallest absolute Gasteiger partial charge is 0.0459 e. The molecule has 0 aromatic carbocycles. The normalized spacial score (nSPS) is 33.4. The fraction of sp³-hybridized carbons (Fsp3) is 0.931. The van der Waals surface area contributed by atoms with Gasteiger partial charge in [0.15, 0.2) is 0 Å². The third kappa shape index (κ3) is 9.20. The molecule has 31 heavy (non-hydrogen) atoms. The lowest BCUT2D eigenvalue weighted by Crippen LogP contribution is -2.47. The van der Waals surface area contributed by atoms with Crippen LogP contribution in [0.1, 0.15) is 119 Å². The van der Waals surface area contributed by atoms with Crippen LogP contribution in [0.3, 0.4) is 0 Å². The number of hydrogen-bond acceptors (Lipinski definition) is 2. The summed E-state index contributed by atoms with van der Waals surface area (Å²) in [6.07, 6.45) is 17.9. The molecule has 4 fully saturated rings. The maximum atomic E-state index is 8.93. The summed E-state index contributed by atoms with van der Waals surface area (Å²) in [6.45, 7) is 16.7. The Hall–Kier alpha value is -0.340. The second-order valence-corrected chi connectivity index (χ2v) is 12.5. The van der Waals surface area contributed by atoms with E-state index in [1.807, 2.05) is 0 Å². The first kappa shape index (κ1) is 28.7. The fourth-order valence-electron chi connectivity index (χ4n) is 6.44. The summed E-state index contributed by atoms with van der Waals surface area (Å²) >= 11 is 0. The van der Waals surface area contributed by atoms with E-state index in [0.717, 1.165) is 36.2 Å². The Labute approximate surface area is 195 Å². The van der Waals surface area contributed by atoms with Crippen LogP contribution in [0.15, 0.2) is 11.6 Å². The van der Waals surface area contributed by atoms with Crippen LogP contribution in [0.5, 0.6) is 0 Å². The number of allylic oxidation sites excluding steroid dienone is 2. The van der Waals surface area contributed by atoms with Crippen molar-refractivity contribution in [2.24, 2.45) is 40.4 Å². The van der Waals surface area contributed by atoms with Gasteiger partial charge in [-0.1, -0.05) is 72.5 Å². The molecule has 5 atom stereocenters. The van der Waals surface area contributed by atoms with Crippen molar-refractivity contribution in [3.8, 4) is 0 Å². The van der Waals surface area contributed by atoms with E-state index < -0.39 is 0 Å². The van der Waals surface area contributed by atoms with Gasteiger partial charge in [0.05, 0.1) is 0 Å². The van der Waals surface area contributed by atoms with Crippen molar-refractivity contribution in [2.75, 3.05) is 13.7 Å². The third-order valence-electron chi connectivity index (χ3n) is 9.00. The van der Waals surface area contributed by atoms with Crippen LogP contribution in [-0.2, 0) is 0 Å². The molecule has 2 bridgehead atoms. The zero-order chi connectivity index (χ0) is 23.7. The second-order valence-electron chi connectivity index (χ2n) is 12.5. The molecule has 2 heteroatoms. The summed E-state index contributed by atoms with van der Waals surface area (Å²) < 4.78 is 0. The van der Waals surface area contributed by atoms with Gasteiger partial charge in [-0.15, -0.1) is 0 Å². The summed E-state index contributed by atoms with van der Waals surface area (Å²) in [4.78, 5) is 0. The van der Waals surface area contributed by atoms with Gasteiger partial charge in [-0.3, -0.25) is 0 Å². The Bertz CT molecular complexity index is 503. The van der Waals surface area contributed by atoms with Crippen molar-refractivity contribution in [3.05, 3.63) is 11.6 Å². The monoisotopic (exact) mass is 436 g/mol. The maximum absolute atomic E-state index is 8.93. The predicted octanol–water partition coefficient (Wildman–Crippen LogP) is 8.03. The van der Waals surface area contributed by atoms with Gasteiger partial charge < -0.3 is 10.2 Å². The molecular formula is C29H56O2. The minimum Gasteiger partial charge on any atom is -0.400 e. The quantitative estimate of drug-likeness (QED) is 0.430. The Morgan fingerprint density at radius 3 is 1.94 bits per heavy atom. The molecule has 2 nitrogen and oxygen atoms in total. The number of hydrogen-bond donors (Lipinski definition) is 2. The van der Waals surface area contributed by atoms with E-state index in [4.69, 9.17) is 10.2 Å². The van der Waals surface area contributed by atoms with Gasteiger partial charge in [0, 0.05) is 13.7 Å². The van der Waals surface area contributed by atoms with Gasteiger partial charge in [0.1, 0.15) is 0 Å². The van der Waals surface area contributed by atoms with Crippen LogP contribution in [0.2, 0.25) is 0 Å². The average Bonchev–Trinajstić information content (AvgIpc) is 2.75. The average molecular weight is 437 g/mol. The first-order valence-corrected chi connectivity index (χ1v) is 13.3. The zero-order valence-electron chi connectivity index (χ0n) is 22.3. The molecule has 0 heterocycles. The van der Waals surface area contributed by atoms with Crippen LogP contribution in [0.25, 0.3) is 0 Å². The highest BCUT2D eigenvalue weighted by Gasteiger charge is 2.49. The molecule has 0 aliphatic heterocycles. The minimum absolute atomic E-state index is 0.345. The van der Waals surface area contributed by atoms with E-state index in [1.165, 1.54) is 69.8 Å². The highest BCUT2D eigenvalue weighted by Crippen LogP contribution is 2.58. The van der Waals surface area contributed by atoms with Gasteiger partial charge in [-0.05, 0) is 98.7 Å². The van der Waals surface area contributed by atoms with E-state index in [-0.39, 0.29) is 0 Å². The molecule has 4 saturated carbocycles. The lowest BCUT2D eigenvalue weighted by molar-refractivity contribution is -0.0646. The fourth-order valence-corrected chi connectivity index (χ4v) is 6.44. The SMILES string of the molecule is CC1(C)C2CCCC1C2.CC1=CCC(C(C)CO)CC1.CC1CCCC(C)(C)C1.CO. The first-order valence-electron chi connectivity index (χ1n) is 13.3. The zero-order valence-corrected chi connectivity index (χ0v) is 22.3. The minimum atomic E-state index is 0.345. The predicted molar refractivity (Wildman–Crippen MR) is 136 cm³/mol. The summed E-state index contributed by atoms with van der Waals surface area (Å²) in [5, 5.41) is 15.9. The standard InChI is InChI=1S/C10H18O.C9H16.C9H18.CH4O/c1-8-3-5-10(6-4-8)9(2)7-11;1-9(2)7-4-3-5-8(9)6-7;1-8-5-4-6-9(2,3)7-8;1-2/h3,9-11H,4-7H2,1-2H3;7-8H,3-6H2,1-2H3;8H,4-7H2,1-3H3;2H,1H3. The number of aliphatic hydroxyl groups is 2. The Kier molecular flexibility index (Phi) is 12.4. The van der Waals surface area contributed by atoms with Crippen molar-refractivity contribution < 1.29 is 10.2 Å². The largest absolute Gasteiger partial charge is 0.400 e. The maximum Gasteiger partial charge on any atom is 0.0459 e. The Balaban J connectivity index is 0.000000224. The van der Waals surface area contributed by atoms with Gasteiger partial charge in [0.25, 0.3) is 0 Å². The summed E-state index contributed by atoms with van der Waals surface area (Å²) in [5.41, 5.74) is 2.90. The Morgan fingerprint density at radius 2 is 1.61 bits per heavy atom. The van der Waals surface area contributed by atoms with Crippen molar-refractivity contribution >= 4 is 0 Å². The molecule has 5 rings (SSSR count).